The minimum absolute atomic E-state index is 0.389. The van der Waals surface area contributed by atoms with Crippen molar-refractivity contribution in [2.45, 2.75) is 38.5 Å². The Bertz CT molecular complexity index is 204. The van der Waals surface area contributed by atoms with E-state index in [4.69, 9.17) is 0 Å². The first kappa shape index (κ1) is 13.3. The average molecular weight is 240 g/mol. The predicted molar refractivity (Wildman–Crippen MR) is 71.0 cm³/mol. The molecule has 0 aromatic heterocycles. The molecule has 0 spiro atoms. The largest absolute Gasteiger partial charge is 0.396 e. The van der Waals surface area contributed by atoms with Crippen LogP contribution >= 0.6 is 0 Å². The Balaban J connectivity index is 1.62. The summed E-state index contributed by atoms with van der Waals surface area (Å²) in [5, 5.41) is 16.4. The van der Waals surface area contributed by atoms with Crippen molar-refractivity contribution in [3.63, 3.8) is 0 Å². The van der Waals surface area contributed by atoms with Crippen molar-refractivity contribution in [3.05, 3.63) is 0 Å². The molecule has 0 aromatic carbocycles. The first-order valence-electron chi connectivity index (χ1n) is 7.42. The van der Waals surface area contributed by atoms with E-state index in [1.54, 1.807) is 0 Å². The number of piperidine rings is 1. The van der Waals surface area contributed by atoms with E-state index in [9.17, 15) is 5.11 Å². The van der Waals surface area contributed by atoms with E-state index in [0.29, 0.717) is 12.5 Å². The van der Waals surface area contributed by atoms with Gasteiger partial charge in [-0.1, -0.05) is 12.8 Å². The van der Waals surface area contributed by atoms with Crippen LogP contribution in [0.3, 0.4) is 0 Å². The van der Waals surface area contributed by atoms with Gasteiger partial charge in [0.05, 0.1) is 0 Å². The molecule has 17 heavy (non-hydrogen) atoms. The Morgan fingerprint density at radius 2 is 1.65 bits per heavy atom. The number of rotatable bonds is 5. The van der Waals surface area contributed by atoms with Crippen molar-refractivity contribution in [2.75, 3.05) is 32.8 Å². The standard InChI is InChI=1S/C14H28N2O/c17-11-14-4-2-1-3-13(14)10-16-9-12-5-7-15-8-6-12/h12-17H,1-11H2. The van der Waals surface area contributed by atoms with Gasteiger partial charge in [-0.25, -0.2) is 0 Å². The SMILES string of the molecule is OCC1CCCCC1CNCC1CCNCC1. The highest BCUT2D eigenvalue weighted by molar-refractivity contribution is 4.78. The van der Waals surface area contributed by atoms with Crippen molar-refractivity contribution < 1.29 is 5.11 Å². The summed E-state index contributed by atoms with van der Waals surface area (Å²) in [5.41, 5.74) is 0. The zero-order chi connectivity index (χ0) is 11.9. The van der Waals surface area contributed by atoms with Crippen molar-refractivity contribution in [1.29, 1.82) is 0 Å². The van der Waals surface area contributed by atoms with Crippen LogP contribution in [0.1, 0.15) is 38.5 Å². The highest BCUT2D eigenvalue weighted by atomic mass is 16.3. The van der Waals surface area contributed by atoms with Gasteiger partial charge in [0.25, 0.3) is 0 Å². The first-order valence-corrected chi connectivity index (χ1v) is 7.42. The van der Waals surface area contributed by atoms with Crippen LogP contribution in [-0.2, 0) is 0 Å². The Morgan fingerprint density at radius 3 is 2.35 bits per heavy atom. The highest BCUT2D eigenvalue weighted by Crippen LogP contribution is 2.29. The molecule has 3 N–H and O–H groups in total. The van der Waals surface area contributed by atoms with E-state index >= 15 is 0 Å². The molecule has 2 fully saturated rings. The lowest BCUT2D eigenvalue weighted by Crippen LogP contribution is -2.37. The molecule has 1 aliphatic heterocycles. The maximum absolute atomic E-state index is 9.37. The highest BCUT2D eigenvalue weighted by Gasteiger charge is 2.24. The van der Waals surface area contributed by atoms with Gasteiger partial charge >= 0.3 is 0 Å². The number of aliphatic hydroxyl groups excluding tert-OH is 1. The average Bonchev–Trinajstić information content (AvgIpc) is 2.40. The molecule has 3 heteroatoms. The molecule has 2 atom stereocenters. The molecular weight excluding hydrogens is 212 g/mol. The van der Waals surface area contributed by atoms with Crippen LogP contribution in [0, 0.1) is 17.8 Å². The Morgan fingerprint density at radius 1 is 0.941 bits per heavy atom. The molecule has 1 saturated heterocycles. The molecule has 1 heterocycles. The normalized spacial score (nSPS) is 31.6. The number of hydrogen-bond donors (Lipinski definition) is 3. The van der Waals surface area contributed by atoms with Crippen molar-refractivity contribution in [1.82, 2.24) is 10.6 Å². The zero-order valence-corrected chi connectivity index (χ0v) is 11.0. The van der Waals surface area contributed by atoms with Gasteiger partial charge in [-0.2, -0.15) is 0 Å². The number of hydrogen-bond acceptors (Lipinski definition) is 3. The third kappa shape index (κ3) is 4.23. The lowest BCUT2D eigenvalue weighted by atomic mass is 9.79. The van der Waals surface area contributed by atoms with Gasteiger partial charge in [-0.3, -0.25) is 0 Å². The van der Waals surface area contributed by atoms with E-state index in [0.717, 1.165) is 18.4 Å². The molecule has 0 radical (unpaired) electrons. The summed E-state index contributed by atoms with van der Waals surface area (Å²) in [6, 6.07) is 0. The van der Waals surface area contributed by atoms with E-state index in [2.05, 4.69) is 10.6 Å². The Labute approximate surface area is 105 Å². The Hall–Kier alpha value is -0.120. The van der Waals surface area contributed by atoms with Crippen LogP contribution in [0.15, 0.2) is 0 Å². The molecular formula is C14H28N2O. The quantitative estimate of drug-likeness (QED) is 0.680. The first-order chi connectivity index (χ1) is 8.40. The zero-order valence-electron chi connectivity index (χ0n) is 11.0. The van der Waals surface area contributed by atoms with Crippen LogP contribution in [0.5, 0.6) is 0 Å². The maximum atomic E-state index is 9.37. The molecule has 1 saturated carbocycles. The summed E-state index contributed by atoms with van der Waals surface area (Å²) in [6.45, 7) is 5.06. The molecule has 1 aliphatic carbocycles. The van der Waals surface area contributed by atoms with Gasteiger partial charge in [-0.05, 0) is 69.6 Å². The molecule has 0 aromatic rings. The summed E-state index contributed by atoms with van der Waals surface area (Å²) < 4.78 is 0. The van der Waals surface area contributed by atoms with Crippen molar-refractivity contribution in [3.8, 4) is 0 Å². The number of nitrogens with one attached hydrogen (secondary N) is 2. The molecule has 3 nitrogen and oxygen atoms in total. The van der Waals surface area contributed by atoms with Crippen LogP contribution in [0.25, 0.3) is 0 Å². The monoisotopic (exact) mass is 240 g/mol. The van der Waals surface area contributed by atoms with Gasteiger partial charge in [0.2, 0.25) is 0 Å². The van der Waals surface area contributed by atoms with Crippen LogP contribution < -0.4 is 10.6 Å². The third-order valence-electron chi connectivity index (χ3n) is 4.60. The van der Waals surface area contributed by atoms with Gasteiger partial charge in [0.1, 0.15) is 0 Å². The fourth-order valence-electron chi connectivity index (χ4n) is 3.35. The topological polar surface area (TPSA) is 44.3 Å². The van der Waals surface area contributed by atoms with E-state index in [1.165, 1.54) is 58.2 Å². The second kappa shape index (κ2) is 7.34. The second-order valence-corrected chi connectivity index (χ2v) is 5.84. The molecule has 0 bridgehead atoms. The summed E-state index contributed by atoms with van der Waals surface area (Å²) in [6.07, 6.45) is 7.86. The van der Waals surface area contributed by atoms with Gasteiger partial charge < -0.3 is 15.7 Å². The lowest BCUT2D eigenvalue weighted by molar-refractivity contribution is 0.132. The lowest BCUT2D eigenvalue weighted by Gasteiger charge is -2.31. The molecule has 2 unspecified atom stereocenters. The molecule has 0 amide bonds. The van der Waals surface area contributed by atoms with E-state index in [-0.39, 0.29) is 0 Å². The maximum Gasteiger partial charge on any atom is 0.0462 e. The van der Waals surface area contributed by atoms with Gasteiger partial charge in [-0.15, -0.1) is 0 Å². The van der Waals surface area contributed by atoms with E-state index in [1.807, 2.05) is 0 Å². The minimum Gasteiger partial charge on any atom is -0.396 e. The van der Waals surface area contributed by atoms with Crippen LogP contribution in [0.2, 0.25) is 0 Å². The fourth-order valence-corrected chi connectivity index (χ4v) is 3.35. The molecule has 2 aliphatic rings. The molecule has 2 rings (SSSR count). The van der Waals surface area contributed by atoms with Gasteiger partial charge in [0, 0.05) is 6.61 Å². The van der Waals surface area contributed by atoms with Crippen molar-refractivity contribution >= 4 is 0 Å². The van der Waals surface area contributed by atoms with Crippen LogP contribution in [-0.4, -0.2) is 37.9 Å². The Kier molecular flexibility index (Phi) is 5.75. The summed E-state index contributed by atoms with van der Waals surface area (Å²) in [5.74, 6) is 2.15. The smallest absolute Gasteiger partial charge is 0.0462 e. The van der Waals surface area contributed by atoms with Crippen molar-refractivity contribution in [2.24, 2.45) is 17.8 Å². The summed E-state index contributed by atoms with van der Waals surface area (Å²) >= 11 is 0. The summed E-state index contributed by atoms with van der Waals surface area (Å²) in [7, 11) is 0. The van der Waals surface area contributed by atoms with Gasteiger partial charge in [0.15, 0.2) is 0 Å². The second-order valence-electron chi connectivity index (χ2n) is 5.84. The minimum atomic E-state index is 0.389. The third-order valence-corrected chi connectivity index (χ3v) is 4.60. The van der Waals surface area contributed by atoms with Crippen LogP contribution in [0.4, 0.5) is 0 Å². The van der Waals surface area contributed by atoms with E-state index < -0.39 is 0 Å². The number of aliphatic hydroxyl groups is 1. The summed E-state index contributed by atoms with van der Waals surface area (Å²) in [4.78, 5) is 0. The predicted octanol–water partition coefficient (Wildman–Crippen LogP) is 1.37. The fraction of sp³-hybridized carbons (Fsp3) is 1.00. The molecule has 100 valence electrons.